The molecule has 2 heterocycles. The van der Waals surface area contributed by atoms with Gasteiger partial charge in [-0.05, 0) is 56.0 Å². The molecule has 7 heteroatoms. The van der Waals surface area contributed by atoms with E-state index in [2.05, 4.69) is 0 Å². The third-order valence-corrected chi connectivity index (χ3v) is 6.35. The van der Waals surface area contributed by atoms with Crippen LogP contribution < -0.4 is 15.2 Å². The normalized spacial score (nSPS) is 14.9. The van der Waals surface area contributed by atoms with E-state index in [0.717, 1.165) is 33.4 Å². The number of fused-ring (bicyclic) bond motifs is 1. The minimum absolute atomic E-state index is 0.0782. The zero-order valence-electron chi connectivity index (χ0n) is 19.8. The first-order valence-electron chi connectivity index (χ1n) is 11.5. The van der Waals surface area contributed by atoms with Crippen LogP contribution in [-0.4, -0.2) is 43.5 Å². The first-order valence-corrected chi connectivity index (χ1v) is 11.5. The van der Waals surface area contributed by atoms with E-state index in [1.165, 1.54) is 0 Å². The average Bonchev–Trinajstić information content (AvgIpc) is 3.26. The smallest absolute Gasteiger partial charge is 0.246 e. The summed E-state index contributed by atoms with van der Waals surface area (Å²) in [6, 6.07) is 11.7. The predicted octanol–water partition coefficient (Wildman–Crippen LogP) is 4.63. The highest BCUT2D eigenvalue weighted by molar-refractivity contribution is 6.00. The molecule has 0 spiro atoms. The maximum absolute atomic E-state index is 13.0. The van der Waals surface area contributed by atoms with Crippen LogP contribution in [0, 0.1) is 5.92 Å². The molecule has 1 aliphatic rings. The van der Waals surface area contributed by atoms with Crippen molar-refractivity contribution in [3.05, 3.63) is 54.3 Å². The molecule has 0 atom stereocenters. The number of hydrogen-bond donors (Lipinski definition) is 1. The Hall–Kier alpha value is -3.74. The Labute approximate surface area is 199 Å². The maximum Gasteiger partial charge on any atom is 0.246 e. The second kappa shape index (κ2) is 10.0. The Morgan fingerprint density at radius 1 is 1.18 bits per heavy atom. The second-order valence-electron chi connectivity index (χ2n) is 8.48. The fourth-order valence-corrected chi connectivity index (χ4v) is 4.37. The molecule has 1 fully saturated rings. The van der Waals surface area contributed by atoms with Gasteiger partial charge in [0.2, 0.25) is 11.8 Å². The van der Waals surface area contributed by atoms with Gasteiger partial charge in [0, 0.05) is 47.7 Å². The van der Waals surface area contributed by atoms with Gasteiger partial charge in [-0.25, -0.2) is 0 Å². The van der Waals surface area contributed by atoms with Gasteiger partial charge in [0.05, 0.1) is 20.0 Å². The summed E-state index contributed by atoms with van der Waals surface area (Å²) >= 11 is 0. The molecule has 3 aromatic rings. The molecular weight excluding hydrogens is 432 g/mol. The van der Waals surface area contributed by atoms with E-state index in [4.69, 9.17) is 19.6 Å². The van der Waals surface area contributed by atoms with E-state index < -0.39 is 0 Å². The van der Waals surface area contributed by atoms with Gasteiger partial charge in [-0.2, -0.15) is 0 Å². The van der Waals surface area contributed by atoms with Crippen LogP contribution in [0.4, 0.5) is 0 Å². The van der Waals surface area contributed by atoms with Gasteiger partial charge < -0.3 is 24.5 Å². The van der Waals surface area contributed by atoms with Crippen molar-refractivity contribution in [2.24, 2.45) is 11.7 Å². The quantitative estimate of drug-likeness (QED) is 0.517. The molecule has 1 saturated heterocycles. The number of piperidine rings is 1. The lowest BCUT2D eigenvalue weighted by Gasteiger charge is -2.30. The van der Waals surface area contributed by atoms with Gasteiger partial charge in [-0.3, -0.25) is 9.59 Å². The number of furan rings is 1. The van der Waals surface area contributed by atoms with Crippen molar-refractivity contribution >= 4 is 28.4 Å². The number of carbonyl (C=O) groups is 2. The summed E-state index contributed by atoms with van der Waals surface area (Å²) in [5, 5.41) is 0.936. The summed E-state index contributed by atoms with van der Waals surface area (Å²) in [4.78, 5) is 26.1. The van der Waals surface area contributed by atoms with Crippen LogP contribution in [0.25, 0.3) is 27.7 Å². The van der Waals surface area contributed by atoms with Crippen molar-refractivity contribution in [3.8, 4) is 22.6 Å². The number of rotatable bonds is 7. The highest BCUT2D eigenvalue weighted by Crippen LogP contribution is 2.38. The zero-order chi connectivity index (χ0) is 24.2. The van der Waals surface area contributed by atoms with Crippen molar-refractivity contribution in [2.45, 2.75) is 26.7 Å². The third-order valence-electron chi connectivity index (χ3n) is 6.35. The number of hydrogen-bond acceptors (Lipinski definition) is 5. The summed E-state index contributed by atoms with van der Waals surface area (Å²) in [6.07, 6.45) is 4.58. The number of allylic oxidation sites excluding steroid dienone is 1. The zero-order valence-corrected chi connectivity index (χ0v) is 19.8. The summed E-state index contributed by atoms with van der Waals surface area (Å²) < 4.78 is 17.0. The Kier molecular flexibility index (Phi) is 6.91. The van der Waals surface area contributed by atoms with Gasteiger partial charge in [-0.1, -0.05) is 12.1 Å². The second-order valence-corrected chi connectivity index (χ2v) is 8.48. The van der Waals surface area contributed by atoms with Gasteiger partial charge in [0.1, 0.15) is 17.1 Å². The largest absolute Gasteiger partial charge is 0.497 e. The number of carbonyl (C=O) groups excluding carboxylic acids is 2. The van der Waals surface area contributed by atoms with E-state index >= 15 is 0 Å². The van der Waals surface area contributed by atoms with Crippen LogP contribution in [0.3, 0.4) is 0 Å². The molecule has 7 nitrogen and oxygen atoms in total. The first-order chi connectivity index (χ1) is 16.4. The monoisotopic (exact) mass is 462 g/mol. The highest BCUT2D eigenvalue weighted by atomic mass is 16.5. The number of nitrogens with zero attached hydrogens (tertiary/aromatic N) is 1. The molecule has 0 bridgehead atoms. The lowest BCUT2D eigenvalue weighted by molar-refractivity contribution is -0.130. The van der Waals surface area contributed by atoms with E-state index in [-0.39, 0.29) is 17.7 Å². The van der Waals surface area contributed by atoms with Gasteiger partial charge in [0.15, 0.2) is 0 Å². The van der Waals surface area contributed by atoms with Gasteiger partial charge in [-0.15, -0.1) is 0 Å². The molecule has 0 unspecified atom stereocenters. The van der Waals surface area contributed by atoms with Crippen molar-refractivity contribution < 1.29 is 23.5 Å². The number of likely N-dealkylation sites (tertiary alicyclic amines) is 1. The third kappa shape index (κ3) is 4.78. The molecule has 178 valence electrons. The number of benzene rings is 2. The van der Waals surface area contributed by atoms with Crippen LogP contribution in [0.2, 0.25) is 0 Å². The van der Waals surface area contributed by atoms with Crippen LogP contribution in [0.15, 0.2) is 53.2 Å². The van der Waals surface area contributed by atoms with Crippen molar-refractivity contribution in [1.82, 2.24) is 4.90 Å². The van der Waals surface area contributed by atoms with E-state index in [1.54, 1.807) is 24.3 Å². The number of methoxy groups -OCH3 is 1. The average molecular weight is 463 g/mol. The Bertz CT molecular complexity index is 1220. The fourth-order valence-electron chi connectivity index (χ4n) is 4.37. The molecule has 2 N–H and O–H groups in total. The van der Waals surface area contributed by atoms with Crippen LogP contribution in [0.1, 0.15) is 32.3 Å². The minimum atomic E-state index is -0.291. The number of ether oxygens (including phenoxy) is 2. The van der Waals surface area contributed by atoms with Crippen LogP contribution in [-0.2, 0) is 9.59 Å². The maximum atomic E-state index is 13.0. The molecule has 2 amide bonds. The SMILES string of the molecule is CCOc1cc2occ(-c3ccc(OC)cc3)c2cc1/C(C)=C/C(=O)N1CCC(C(N)=O)CC1. The topological polar surface area (TPSA) is 95.0 Å². The summed E-state index contributed by atoms with van der Waals surface area (Å²) in [6.45, 7) is 5.37. The molecule has 1 aliphatic heterocycles. The van der Waals surface area contributed by atoms with E-state index in [0.29, 0.717) is 43.9 Å². The lowest BCUT2D eigenvalue weighted by atomic mass is 9.96. The molecule has 1 aromatic heterocycles. The van der Waals surface area contributed by atoms with Crippen molar-refractivity contribution in [2.75, 3.05) is 26.8 Å². The first kappa shape index (κ1) is 23.4. The number of primary amides is 1. The molecule has 4 rings (SSSR count). The van der Waals surface area contributed by atoms with Crippen molar-refractivity contribution in [1.29, 1.82) is 0 Å². The van der Waals surface area contributed by atoms with Gasteiger partial charge in [0.25, 0.3) is 0 Å². The van der Waals surface area contributed by atoms with E-state index in [1.807, 2.05) is 50.2 Å². The summed E-state index contributed by atoms with van der Waals surface area (Å²) in [5.74, 6) is 0.929. The molecule has 0 radical (unpaired) electrons. The number of amides is 2. The summed E-state index contributed by atoms with van der Waals surface area (Å²) in [7, 11) is 1.64. The molecule has 2 aromatic carbocycles. The molecule has 0 aliphatic carbocycles. The standard InChI is InChI=1S/C27H30N2O5/c1-4-33-24-15-25-22(23(16-34-25)18-5-7-20(32-3)8-6-18)14-21(24)17(2)13-26(30)29-11-9-19(10-12-29)27(28)31/h5-8,13-16,19H,4,9-12H2,1-3H3,(H2,28,31)/b17-13+. The van der Waals surface area contributed by atoms with E-state index in [9.17, 15) is 9.59 Å². The fraction of sp³-hybridized carbons (Fsp3) is 0.333. The Morgan fingerprint density at radius 3 is 2.50 bits per heavy atom. The lowest BCUT2D eigenvalue weighted by Crippen LogP contribution is -2.41. The van der Waals surface area contributed by atoms with Crippen molar-refractivity contribution in [3.63, 3.8) is 0 Å². The minimum Gasteiger partial charge on any atom is -0.497 e. The Morgan fingerprint density at radius 2 is 1.88 bits per heavy atom. The Balaban J connectivity index is 1.66. The van der Waals surface area contributed by atoms with Crippen LogP contribution in [0.5, 0.6) is 11.5 Å². The molecule has 34 heavy (non-hydrogen) atoms. The molecular formula is C27H30N2O5. The van der Waals surface area contributed by atoms with Gasteiger partial charge >= 0.3 is 0 Å². The number of nitrogens with two attached hydrogens (primary N) is 1. The molecule has 0 saturated carbocycles. The summed E-state index contributed by atoms with van der Waals surface area (Å²) in [5.41, 5.74) is 9.72. The predicted molar refractivity (Wildman–Crippen MR) is 132 cm³/mol. The highest BCUT2D eigenvalue weighted by Gasteiger charge is 2.25. The van der Waals surface area contributed by atoms with Crippen LogP contribution >= 0.6 is 0 Å².